The molecule has 0 atom stereocenters. The summed E-state index contributed by atoms with van der Waals surface area (Å²) in [6, 6.07) is 11.6. The number of rotatable bonds is 2. The second-order valence-electron chi connectivity index (χ2n) is 7.72. The number of aliphatic imine (C=N–C) groups is 1. The number of furan rings is 1. The maximum absolute atomic E-state index is 13.0. The van der Waals surface area contributed by atoms with Crippen molar-refractivity contribution in [3.63, 3.8) is 0 Å². The van der Waals surface area contributed by atoms with E-state index in [1.54, 1.807) is 18.5 Å². The lowest BCUT2D eigenvalue weighted by molar-refractivity contribution is -0.123. The molecule has 30 heavy (non-hydrogen) atoms. The summed E-state index contributed by atoms with van der Waals surface area (Å²) in [6.07, 6.45) is 6.15. The van der Waals surface area contributed by atoms with Crippen LogP contribution in [0, 0.1) is 6.92 Å². The molecule has 2 aromatic carbocycles. The first-order valence-corrected chi connectivity index (χ1v) is 9.84. The third kappa shape index (κ3) is 2.27. The van der Waals surface area contributed by atoms with Crippen LogP contribution in [0.3, 0.4) is 0 Å². The molecule has 2 amide bonds. The van der Waals surface area contributed by atoms with Gasteiger partial charge in [-0.2, -0.15) is 0 Å². The Kier molecular flexibility index (Phi) is 3.41. The Balaban J connectivity index is 1.66. The predicted molar refractivity (Wildman–Crippen MR) is 114 cm³/mol. The number of para-hydroxylation sites is 1. The number of hydrogen-bond donors (Lipinski definition) is 1. The second kappa shape index (κ2) is 6.03. The van der Waals surface area contributed by atoms with Crippen LogP contribution in [0.2, 0.25) is 0 Å². The number of hydrogen-bond acceptors (Lipinski definition) is 5. The van der Waals surface area contributed by atoms with E-state index in [1.165, 1.54) is 5.56 Å². The largest absolute Gasteiger partial charge is 0.464 e. The zero-order chi connectivity index (χ0) is 20.4. The molecular weight excluding hydrogens is 378 g/mol. The molecule has 6 rings (SSSR count). The van der Waals surface area contributed by atoms with Crippen LogP contribution >= 0.6 is 0 Å². The molecule has 4 heterocycles. The van der Waals surface area contributed by atoms with Crippen molar-refractivity contribution in [1.29, 1.82) is 0 Å². The van der Waals surface area contributed by atoms with Crippen molar-refractivity contribution < 1.29 is 14.0 Å². The van der Waals surface area contributed by atoms with E-state index < -0.39 is 11.8 Å². The zero-order valence-electron chi connectivity index (χ0n) is 16.2. The minimum absolute atomic E-state index is 0.287. The molecule has 0 radical (unpaired) electrons. The van der Waals surface area contributed by atoms with Crippen LogP contribution in [-0.4, -0.2) is 24.1 Å². The third-order valence-electron chi connectivity index (χ3n) is 5.86. The summed E-state index contributed by atoms with van der Waals surface area (Å²) in [5.74, 6) is -0.872. The average molecular weight is 395 g/mol. The Bertz CT molecular complexity index is 1370. The number of imide groups is 1. The van der Waals surface area contributed by atoms with E-state index in [0.29, 0.717) is 22.4 Å². The van der Waals surface area contributed by atoms with Gasteiger partial charge in [-0.15, -0.1) is 0 Å². The summed E-state index contributed by atoms with van der Waals surface area (Å²) in [5, 5.41) is 3.34. The fraction of sp³-hybridized carbons (Fsp3) is 0.125. The highest BCUT2D eigenvalue weighted by molar-refractivity contribution is 6.48. The molecule has 3 aromatic rings. The van der Waals surface area contributed by atoms with Crippen LogP contribution in [0.4, 0.5) is 5.69 Å². The Morgan fingerprint density at radius 3 is 2.83 bits per heavy atom. The smallest absolute Gasteiger partial charge is 0.261 e. The summed E-state index contributed by atoms with van der Waals surface area (Å²) in [7, 11) is 0. The van der Waals surface area contributed by atoms with Crippen LogP contribution in [0.1, 0.15) is 22.3 Å². The molecule has 0 bridgehead atoms. The van der Waals surface area contributed by atoms with E-state index in [-0.39, 0.29) is 5.57 Å². The molecule has 6 heteroatoms. The number of fused-ring (bicyclic) bond motifs is 1. The molecule has 0 saturated heterocycles. The number of carbonyl (C=O) groups excluding carboxylic acids is 2. The molecule has 0 spiro atoms. The number of nitrogens with zero attached hydrogens (tertiary/aromatic N) is 2. The topological polar surface area (TPSA) is 74.9 Å². The van der Waals surface area contributed by atoms with Crippen LogP contribution in [-0.2, 0) is 16.0 Å². The van der Waals surface area contributed by atoms with Crippen molar-refractivity contribution >= 4 is 39.8 Å². The van der Waals surface area contributed by atoms with Crippen LogP contribution in [0.5, 0.6) is 0 Å². The van der Waals surface area contributed by atoms with Gasteiger partial charge in [0.25, 0.3) is 11.8 Å². The van der Waals surface area contributed by atoms with Gasteiger partial charge >= 0.3 is 0 Å². The minimum Gasteiger partial charge on any atom is -0.464 e. The van der Waals surface area contributed by atoms with E-state index in [9.17, 15) is 9.59 Å². The minimum atomic E-state index is -0.438. The standard InChI is InChI=1S/C24H17N3O3/c1-13-11-15-5-8-27-9-7-25-20(17(12-13)21(15)27)19-18(23(28)26-24(19)29)16-4-2-3-14-6-10-30-22(14)16/h2-4,6-7,9-12H,5,8H2,1H3,(H,26,28,29). The molecule has 0 saturated carbocycles. The summed E-state index contributed by atoms with van der Waals surface area (Å²) < 4.78 is 5.65. The maximum Gasteiger partial charge on any atom is 0.261 e. The first-order valence-electron chi connectivity index (χ1n) is 9.84. The number of benzene rings is 2. The molecule has 146 valence electrons. The molecule has 1 aromatic heterocycles. The first-order chi connectivity index (χ1) is 14.6. The molecule has 1 N–H and O–H groups in total. The Morgan fingerprint density at radius 2 is 1.93 bits per heavy atom. The molecule has 3 aliphatic heterocycles. The van der Waals surface area contributed by atoms with Crippen molar-refractivity contribution in [3.05, 3.63) is 82.9 Å². The highest BCUT2D eigenvalue weighted by Gasteiger charge is 2.38. The molecule has 0 aliphatic carbocycles. The molecule has 0 unspecified atom stereocenters. The number of amides is 2. The lowest BCUT2D eigenvalue weighted by Crippen LogP contribution is -2.25. The molecule has 0 fully saturated rings. The van der Waals surface area contributed by atoms with E-state index in [2.05, 4.69) is 21.3 Å². The van der Waals surface area contributed by atoms with Gasteiger partial charge in [0.1, 0.15) is 5.58 Å². The summed E-state index contributed by atoms with van der Waals surface area (Å²) in [5.41, 5.74) is 6.52. The third-order valence-corrected chi connectivity index (χ3v) is 5.86. The molecule has 3 aliphatic rings. The van der Waals surface area contributed by atoms with Gasteiger partial charge in [0.2, 0.25) is 0 Å². The van der Waals surface area contributed by atoms with Crippen molar-refractivity contribution in [1.82, 2.24) is 5.32 Å². The summed E-state index contributed by atoms with van der Waals surface area (Å²) in [6.45, 7) is 2.90. The van der Waals surface area contributed by atoms with Crippen molar-refractivity contribution in [3.8, 4) is 0 Å². The SMILES string of the molecule is Cc1cc2c3c(c1)C(C1=C(c4cccc5ccoc45)C(=O)NC1=O)=NC=CN3CC2. The number of anilines is 1. The Labute approximate surface area is 172 Å². The number of nitrogens with one attached hydrogen (secondary N) is 1. The van der Waals surface area contributed by atoms with Gasteiger partial charge in [0, 0.05) is 35.5 Å². The maximum atomic E-state index is 13.0. The summed E-state index contributed by atoms with van der Waals surface area (Å²) >= 11 is 0. The van der Waals surface area contributed by atoms with Gasteiger partial charge in [-0.05, 0) is 31.0 Å². The van der Waals surface area contributed by atoms with E-state index >= 15 is 0 Å². The second-order valence-corrected chi connectivity index (χ2v) is 7.72. The van der Waals surface area contributed by atoms with Gasteiger partial charge < -0.3 is 9.32 Å². The van der Waals surface area contributed by atoms with Gasteiger partial charge in [-0.1, -0.05) is 29.8 Å². The number of carbonyl (C=O) groups is 2. The fourth-order valence-corrected chi connectivity index (χ4v) is 4.65. The molecular formula is C24H17N3O3. The lowest BCUT2D eigenvalue weighted by Gasteiger charge is -2.18. The zero-order valence-corrected chi connectivity index (χ0v) is 16.2. The van der Waals surface area contributed by atoms with Gasteiger partial charge in [-0.25, -0.2) is 0 Å². The van der Waals surface area contributed by atoms with Gasteiger partial charge in [0.15, 0.2) is 0 Å². The highest BCUT2D eigenvalue weighted by atomic mass is 16.3. The van der Waals surface area contributed by atoms with Crippen LogP contribution < -0.4 is 10.2 Å². The molecule has 6 nitrogen and oxygen atoms in total. The van der Waals surface area contributed by atoms with Crippen LogP contribution in [0.25, 0.3) is 16.5 Å². The van der Waals surface area contributed by atoms with Crippen LogP contribution in [0.15, 0.2) is 70.0 Å². The first kappa shape index (κ1) is 17.0. The van der Waals surface area contributed by atoms with Crippen molar-refractivity contribution in [2.24, 2.45) is 4.99 Å². The quantitative estimate of drug-likeness (QED) is 0.674. The Hall–Kier alpha value is -3.93. The van der Waals surface area contributed by atoms with Gasteiger partial charge in [-0.3, -0.25) is 19.9 Å². The highest BCUT2D eigenvalue weighted by Crippen LogP contribution is 2.39. The monoisotopic (exact) mass is 395 g/mol. The van der Waals surface area contributed by atoms with E-state index in [0.717, 1.165) is 35.2 Å². The van der Waals surface area contributed by atoms with Crippen molar-refractivity contribution in [2.75, 3.05) is 11.4 Å². The normalized spacial score (nSPS) is 17.5. The summed E-state index contributed by atoms with van der Waals surface area (Å²) in [4.78, 5) is 32.7. The fourth-order valence-electron chi connectivity index (χ4n) is 4.65. The van der Waals surface area contributed by atoms with Crippen molar-refractivity contribution in [2.45, 2.75) is 13.3 Å². The van der Waals surface area contributed by atoms with E-state index in [1.807, 2.05) is 37.4 Å². The van der Waals surface area contributed by atoms with Gasteiger partial charge in [0.05, 0.1) is 28.8 Å². The average Bonchev–Trinajstić information content (AvgIpc) is 3.39. The van der Waals surface area contributed by atoms with E-state index in [4.69, 9.17) is 4.42 Å². The Morgan fingerprint density at radius 1 is 1.07 bits per heavy atom. The number of aryl methyl sites for hydroxylation is 1. The lowest BCUT2D eigenvalue weighted by atomic mass is 9.91. The predicted octanol–water partition coefficient (Wildman–Crippen LogP) is 3.49.